The summed E-state index contributed by atoms with van der Waals surface area (Å²) in [7, 11) is 0. The van der Waals surface area contributed by atoms with Gasteiger partial charge in [0.05, 0.1) is 0 Å². The molecule has 0 aliphatic rings. The lowest BCUT2D eigenvalue weighted by Crippen LogP contribution is -2.33. The van der Waals surface area contributed by atoms with Gasteiger partial charge in [-0.3, -0.25) is 0 Å². The molecule has 0 amide bonds. The Kier molecular flexibility index (Phi) is 3.01. The Balaban J connectivity index is 2.24. The molecule has 0 aliphatic carbocycles. The minimum Gasteiger partial charge on any atom is -0.398 e. The number of hydrogen-bond acceptors (Lipinski definition) is 2. The molecule has 0 spiro atoms. The van der Waals surface area contributed by atoms with E-state index in [0.717, 1.165) is 39.0 Å². The smallest absolute Gasteiger partial charge is 0.239 e. The number of fused-ring (bicyclic) bond motifs is 2. The van der Waals surface area contributed by atoms with E-state index >= 15 is 0 Å². The first kappa shape index (κ1) is 13.7. The lowest BCUT2D eigenvalue weighted by atomic mass is 10.1. The Morgan fingerprint density at radius 2 is 1.57 bits per heavy atom. The van der Waals surface area contributed by atoms with E-state index in [4.69, 9.17) is 10.7 Å². The molecule has 0 fully saturated rings. The number of aromatic nitrogens is 2. The van der Waals surface area contributed by atoms with Gasteiger partial charge >= 0.3 is 0 Å². The first-order valence-electron chi connectivity index (χ1n) is 7.71. The van der Waals surface area contributed by atoms with Crippen LogP contribution in [0.3, 0.4) is 0 Å². The van der Waals surface area contributed by atoms with Crippen LogP contribution in [0.5, 0.6) is 0 Å². The average molecular weight is 300 g/mol. The van der Waals surface area contributed by atoms with Gasteiger partial charge in [-0.25, -0.2) is 4.98 Å². The zero-order valence-electron chi connectivity index (χ0n) is 13.2. The summed E-state index contributed by atoms with van der Waals surface area (Å²) in [5, 5.41) is 0. The zero-order chi connectivity index (χ0) is 16.0. The molecule has 112 valence electrons. The van der Waals surface area contributed by atoms with E-state index in [-0.39, 0.29) is 0 Å². The first-order chi connectivity index (χ1) is 11.1. The highest BCUT2D eigenvalue weighted by Gasteiger charge is 2.20. The van der Waals surface area contributed by atoms with Gasteiger partial charge in [0.25, 0.3) is 0 Å². The highest BCUT2D eigenvalue weighted by molar-refractivity contribution is 5.85. The van der Waals surface area contributed by atoms with Crippen molar-refractivity contribution in [2.75, 3.05) is 5.73 Å². The second-order valence-electron chi connectivity index (χ2n) is 5.97. The van der Waals surface area contributed by atoms with Gasteiger partial charge in [-0.1, -0.05) is 24.3 Å². The number of hydrogen-bond donors (Lipinski definition) is 1. The molecule has 0 aliphatic heterocycles. The van der Waals surface area contributed by atoms with Crippen LogP contribution in [0.25, 0.3) is 27.8 Å². The standard InChI is InChI=1S/C20H17N3/c1-13-8-9-17-19(10-13)23(15-6-4-3-5-7-15)20-12-16(21)14(2)11-18(20)22-17/h3-12,21H,1-2H3/p+1. The molecule has 0 saturated carbocycles. The summed E-state index contributed by atoms with van der Waals surface area (Å²) in [5.74, 6) is 0. The molecule has 3 nitrogen and oxygen atoms in total. The molecule has 4 rings (SSSR count). The van der Waals surface area contributed by atoms with E-state index in [1.54, 1.807) is 0 Å². The first-order valence-corrected chi connectivity index (χ1v) is 7.71. The fourth-order valence-corrected chi connectivity index (χ4v) is 2.99. The summed E-state index contributed by atoms with van der Waals surface area (Å²) >= 11 is 0. The number of para-hydroxylation sites is 1. The fraction of sp³-hybridized carbons (Fsp3) is 0.100. The number of benzene rings is 3. The van der Waals surface area contributed by atoms with Gasteiger partial charge in [-0.15, -0.1) is 4.57 Å². The second-order valence-corrected chi connectivity index (χ2v) is 5.97. The Morgan fingerprint density at radius 3 is 2.35 bits per heavy atom. The molecule has 2 N–H and O–H groups in total. The topological polar surface area (TPSA) is 42.8 Å². The van der Waals surface area contributed by atoms with Crippen molar-refractivity contribution in [2.45, 2.75) is 13.8 Å². The Hall–Kier alpha value is -2.94. The van der Waals surface area contributed by atoms with Crippen molar-refractivity contribution in [3.63, 3.8) is 0 Å². The van der Waals surface area contributed by atoms with E-state index in [9.17, 15) is 0 Å². The van der Waals surface area contributed by atoms with Gasteiger partial charge in [0.1, 0.15) is 11.0 Å². The maximum atomic E-state index is 6.17. The summed E-state index contributed by atoms with van der Waals surface area (Å²) in [4.78, 5) is 4.83. The van der Waals surface area contributed by atoms with Gasteiger partial charge < -0.3 is 5.73 Å². The average Bonchev–Trinajstić information content (AvgIpc) is 2.55. The molecule has 23 heavy (non-hydrogen) atoms. The summed E-state index contributed by atoms with van der Waals surface area (Å²) in [5.41, 5.74) is 14.4. The number of rotatable bonds is 1. The molecule has 4 aromatic rings. The molecule has 0 radical (unpaired) electrons. The van der Waals surface area contributed by atoms with Crippen LogP contribution in [0.2, 0.25) is 0 Å². The van der Waals surface area contributed by atoms with Crippen LogP contribution in [0, 0.1) is 13.8 Å². The normalized spacial score (nSPS) is 11.2. The van der Waals surface area contributed by atoms with Crippen LogP contribution in [-0.4, -0.2) is 4.98 Å². The monoisotopic (exact) mass is 300 g/mol. The van der Waals surface area contributed by atoms with E-state index in [0.29, 0.717) is 0 Å². The van der Waals surface area contributed by atoms with Gasteiger partial charge in [0.15, 0.2) is 0 Å². The highest BCUT2D eigenvalue weighted by Crippen LogP contribution is 2.22. The summed E-state index contributed by atoms with van der Waals surface area (Å²) in [6.07, 6.45) is 0. The van der Waals surface area contributed by atoms with Crippen LogP contribution < -0.4 is 10.3 Å². The van der Waals surface area contributed by atoms with Crippen molar-refractivity contribution in [2.24, 2.45) is 0 Å². The maximum absolute atomic E-state index is 6.17. The van der Waals surface area contributed by atoms with Crippen molar-refractivity contribution in [1.82, 2.24) is 4.98 Å². The van der Waals surface area contributed by atoms with Crippen LogP contribution >= 0.6 is 0 Å². The predicted octanol–water partition coefficient (Wildman–Crippen LogP) is 3.86. The Labute approximate surface area is 135 Å². The predicted molar refractivity (Wildman–Crippen MR) is 94.7 cm³/mol. The molecule has 0 atom stereocenters. The van der Waals surface area contributed by atoms with E-state index < -0.39 is 0 Å². The van der Waals surface area contributed by atoms with Gasteiger partial charge in [0, 0.05) is 30.0 Å². The number of nitrogen functional groups attached to an aromatic ring is 1. The van der Waals surface area contributed by atoms with Crippen LogP contribution in [0.15, 0.2) is 60.7 Å². The molecule has 3 aromatic carbocycles. The van der Waals surface area contributed by atoms with Crippen LogP contribution in [0.4, 0.5) is 5.69 Å². The zero-order valence-corrected chi connectivity index (χ0v) is 13.2. The Morgan fingerprint density at radius 1 is 0.826 bits per heavy atom. The third kappa shape index (κ3) is 2.21. The van der Waals surface area contributed by atoms with Gasteiger partial charge in [-0.2, -0.15) is 0 Å². The van der Waals surface area contributed by atoms with E-state index in [2.05, 4.69) is 47.9 Å². The second kappa shape index (κ2) is 5.06. The molecule has 1 heterocycles. The van der Waals surface area contributed by atoms with Crippen LogP contribution in [-0.2, 0) is 0 Å². The molecule has 0 unspecified atom stereocenters. The number of nitrogens with zero attached hydrogens (tertiary/aromatic N) is 2. The van der Waals surface area contributed by atoms with Crippen molar-refractivity contribution in [1.29, 1.82) is 0 Å². The lowest BCUT2D eigenvalue weighted by molar-refractivity contribution is -0.538. The van der Waals surface area contributed by atoms with Gasteiger partial charge in [-0.05, 0) is 37.1 Å². The summed E-state index contributed by atoms with van der Waals surface area (Å²) in [6, 6.07) is 20.8. The fourth-order valence-electron chi connectivity index (χ4n) is 2.99. The minimum absolute atomic E-state index is 0.788. The summed E-state index contributed by atoms with van der Waals surface area (Å²) in [6.45, 7) is 4.12. The molecule has 0 saturated heterocycles. The lowest BCUT2D eigenvalue weighted by Gasteiger charge is -2.07. The third-order valence-corrected chi connectivity index (χ3v) is 4.23. The highest BCUT2D eigenvalue weighted by atomic mass is 15.0. The SMILES string of the molecule is Cc1ccc2nc3cc(C)c(N)cc3[n+](-c3ccccc3)c2c1. The molecule has 3 heteroatoms. The van der Waals surface area contributed by atoms with E-state index in [1.807, 2.05) is 31.2 Å². The van der Waals surface area contributed by atoms with Gasteiger partial charge in [0.2, 0.25) is 16.7 Å². The van der Waals surface area contributed by atoms with Crippen molar-refractivity contribution in [3.05, 3.63) is 71.8 Å². The number of anilines is 1. The number of nitrogens with two attached hydrogens (primary N) is 1. The molecule has 0 bridgehead atoms. The molecular formula is C20H18N3+. The van der Waals surface area contributed by atoms with Crippen molar-refractivity contribution >= 4 is 27.8 Å². The van der Waals surface area contributed by atoms with Crippen molar-refractivity contribution < 1.29 is 4.57 Å². The number of aryl methyl sites for hydroxylation is 2. The summed E-state index contributed by atoms with van der Waals surface area (Å²) < 4.78 is 2.24. The molecule has 1 aromatic heterocycles. The quantitative estimate of drug-likeness (QED) is 0.329. The largest absolute Gasteiger partial charge is 0.398 e. The van der Waals surface area contributed by atoms with E-state index in [1.165, 1.54) is 5.56 Å². The maximum Gasteiger partial charge on any atom is 0.239 e. The molecular weight excluding hydrogens is 282 g/mol. The van der Waals surface area contributed by atoms with Crippen LogP contribution in [0.1, 0.15) is 11.1 Å². The van der Waals surface area contributed by atoms with Crippen molar-refractivity contribution in [3.8, 4) is 5.69 Å². The third-order valence-electron chi connectivity index (χ3n) is 4.23. The Bertz CT molecular complexity index is 1040. The minimum atomic E-state index is 0.788.